The normalized spacial score (nSPS) is 19.5. The summed E-state index contributed by atoms with van der Waals surface area (Å²) in [6.45, 7) is 4.41. The van der Waals surface area contributed by atoms with Gasteiger partial charge in [0.2, 0.25) is 0 Å². The Hall–Kier alpha value is -0.870. The molecule has 0 spiro atoms. The maximum atomic E-state index is 5.11. The van der Waals surface area contributed by atoms with Gasteiger partial charge in [0.1, 0.15) is 0 Å². The Morgan fingerprint density at radius 1 is 1.53 bits per heavy atom. The second kappa shape index (κ2) is 5.28. The summed E-state index contributed by atoms with van der Waals surface area (Å²) in [7, 11) is 2.03. The molecule has 1 aliphatic heterocycles. The molecule has 0 aromatic carbocycles. The molecule has 0 saturated carbocycles. The first-order valence-corrected chi connectivity index (χ1v) is 5.65. The standard InChI is InChI=1S/C11H19N3O/c1-12-8-10-3-6-14(7-4-10)9-11-2-5-13-15-11/h2,5,10,12H,3-4,6-9H2,1H3. The third kappa shape index (κ3) is 3.04. The van der Waals surface area contributed by atoms with E-state index >= 15 is 0 Å². The van der Waals surface area contributed by atoms with E-state index in [1.54, 1.807) is 6.20 Å². The largest absolute Gasteiger partial charge is 0.360 e. The number of rotatable bonds is 4. The fraction of sp³-hybridized carbons (Fsp3) is 0.727. The van der Waals surface area contributed by atoms with E-state index in [4.69, 9.17) is 4.52 Å². The predicted octanol–water partition coefficient (Wildman–Crippen LogP) is 1.11. The summed E-state index contributed by atoms with van der Waals surface area (Å²) in [6.07, 6.45) is 4.28. The minimum absolute atomic E-state index is 0.848. The molecule has 2 rings (SSSR count). The molecule has 2 heterocycles. The lowest BCUT2D eigenvalue weighted by molar-refractivity contribution is 0.161. The molecule has 1 saturated heterocycles. The molecule has 15 heavy (non-hydrogen) atoms. The van der Waals surface area contributed by atoms with Crippen molar-refractivity contribution < 1.29 is 4.52 Å². The Kier molecular flexibility index (Phi) is 3.75. The van der Waals surface area contributed by atoms with E-state index < -0.39 is 0 Å². The molecular formula is C11H19N3O. The molecule has 0 bridgehead atoms. The van der Waals surface area contributed by atoms with Crippen LogP contribution in [0.15, 0.2) is 16.8 Å². The average molecular weight is 209 g/mol. The Balaban J connectivity index is 1.74. The second-order valence-electron chi connectivity index (χ2n) is 4.26. The van der Waals surface area contributed by atoms with E-state index in [9.17, 15) is 0 Å². The van der Waals surface area contributed by atoms with E-state index in [-0.39, 0.29) is 0 Å². The highest BCUT2D eigenvalue weighted by Gasteiger charge is 2.19. The van der Waals surface area contributed by atoms with Gasteiger partial charge in [-0.05, 0) is 45.4 Å². The van der Waals surface area contributed by atoms with Gasteiger partial charge in [0, 0.05) is 6.07 Å². The van der Waals surface area contributed by atoms with Crippen LogP contribution < -0.4 is 5.32 Å². The molecule has 0 unspecified atom stereocenters. The molecule has 0 amide bonds. The Labute approximate surface area is 90.6 Å². The van der Waals surface area contributed by atoms with Crippen LogP contribution in [0.1, 0.15) is 18.6 Å². The summed E-state index contributed by atoms with van der Waals surface area (Å²) in [4.78, 5) is 2.44. The maximum absolute atomic E-state index is 5.11. The molecule has 1 aromatic rings. The van der Waals surface area contributed by atoms with Gasteiger partial charge in [-0.2, -0.15) is 0 Å². The fourth-order valence-corrected chi connectivity index (χ4v) is 2.18. The van der Waals surface area contributed by atoms with E-state index in [2.05, 4.69) is 15.4 Å². The van der Waals surface area contributed by atoms with Crippen LogP contribution >= 0.6 is 0 Å². The van der Waals surface area contributed by atoms with Crippen LogP contribution in [0, 0.1) is 5.92 Å². The zero-order valence-electron chi connectivity index (χ0n) is 9.28. The molecular weight excluding hydrogens is 190 g/mol. The van der Waals surface area contributed by atoms with Crippen molar-refractivity contribution >= 4 is 0 Å². The van der Waals surface area contributed by atoms with Crippen molar-refractivity contribution in [3.05, 3.63) is 18.0 Å². The Morgan fingerprint density at radius 2 is 2.33 bits per heavy atom. The second-order valence-corrected chi connectivity index (χ2v) is 4.26. The SMILES string of the molecule is CNCC1CCN(Cc2ccno2)CC1. The summed E-state index contributed by atoms with van der Waals surface area (Å²) in [5.41, 5.74) is 0. The summed E-state index contributed by atoms with van der Waals surface area (Å²) >= 11 is 0. The number of hydrogen-bond donors (Lipinski definition) is 1. The van der Waals surface area contributed by atoms with E-state index in [0.717, 1.165) is 24.8 Å². The number of nitrogens with zero attached hydrogens (tertiary/aromatic N) is 2. The molecule has 4 heteroatoms. The molecule has 84 valence electrons. The predicted molar refractivity (Wildman–Crippen MR) is 58.4 cm³/mol. The lowest BCUT2D eigenvalue weighted by Crippen LogP contribution is -2.36. The molecule has 1 aromatic heterocycles. The van der Waals surface area contributed by atoms with E-state index in [1.165, 1.54) is 25.9 Å². The highest BCUT2D eigenvalue weighted by atomic mass is 16.5. The van der Waals surface area contributed by atoms with Crippen LogP contribution in [0.2, 0.25) is 0 Å². The quantitative estimate of drug-likeness (QED) is 0.806. The molecule has 0 radical (unpaired) electrons. The van der Waals surface area contributed by atoms with Gasteiger partial charge in [0.15, 0.2) is 5.76 Å². The van der Waals surface area contributed by atoms with E-state index in [0.29, 0.717) is 0 Å². The maximum Gasteiger partial charge on any atom is 0.150 e. The fourth-order valence-electron chi connectivity index (χ4n) is 2.18. The van der Waals surface area contributed by atoms with E-state index in [1.807, 2.05) is 13.1 Å². The third-order valence-electron chi connectivity index (χ3n) is 3.07. The van der Waals surface area contributed by atoms with Gasteiger partial charge in [0.05, 0.1) is 12.7 Å². The topological polar surface area (TPSA) is 41.3 Å². The van der Waals surface area contributed by atoms with Crippen molar-refractivity contribution in [2.24, 2.45) is 5.92 Å². The first kappa shape index (κ1) is 10.6. The van der Waals surface area contributed by atoms with Gasteiger partial charge in [-0.15, -0.1) is 0 Å². The van der Waals surface area contributed by atoms with Gasteiger partial charge in [0.25, 0.3) is 0 Å². The van der Waals surface area contributed by atoms with Gasteiger partial charge in [-0.1, -0.05) is 5.16 Å². The van der Waals surface area contributed by atoms with Crippen LogP contribution in [0.4, 0.5) is 0 Å². The van der Waals surface area contributed by atoms with Crippen LogP contribution in [0.25, 0.3) is 0 Å². The van der Waals surface area contributed by atoms with Gasteiger partial charge >= 0.3 is 0 Å². The van der Waals surface area contributed by atoms with Crippen molar-refractivity contribution in [2.45, 2.75) is 19.4 Å². The van der Waals surface area contributed by atoms with Crippen molar-refractivity contribution in [1.29, 1.82) is 0 Å². The highest BCUT2D eigenvalue weighted by molar-refractivity contribution is 4.93. The summed E-state index contributed by atoms with van der Waals surface area (Å²) in [5, 5.41) is 6.97. The van der Waals surface area contributed by atoms with Crippen molar-refractivity contribution in [3.63, 3.8) is 0 Å². The Bertz CT molecular complexity index is 265. The van der Waals surface area contributed by atoms with Gasteiger partial charge in [-0.3, -0.25) is 4.90 Å². The van der Waals surface area contributed by atoms with Crippen molar-refractivity contribution in [3.8, 4) is 0 Å². The summed E-state index contributed by atoms with van der Waals surface area (Å²) in [6, 6.07) is 1.94. The first-order valence-electron chi connectivity index (χ1n) is 5.65. The van der Waals surface area contributed by atoms with Crippen molar-refractivity contribution in [2.75, 3.05) is 26.7 Å². The monoisotopic (exact) mass is 209 g/mol. The van der Waals surface area contributed by atoms with Gasteiger partial charge in [-0.25, -0.2) is 0 Å². The molecule has 1 aliphatic rings. The lowest BCUT2D eigenvalue weighted by Gasteiger charge is -2.30. The lowest BCUT2D eigenvalue weighted by atomic mass is 9.97. The Morgan fingerprint density at radius 3 is 2.93 bits per heavy atom. The molecule has 1 fully saturated rings. The summed E-state index contributed by atoms with van der Waals surface area (Å²) < 4.78 is 5.11. The molecule has 0 aliphatic carbocycles. The minimum atomic E-state index is 0.848. The van der Waals surface area contributed by atoms with Gasteiger partial charge < -0.3 is 9.84 Å². The highest BCUT2D eigenvalue weighted by Crippen LogP contribution is 2.17. The number of aromatic nitrogens is 1. The number of nitrogens with one attached hydrogen (secondary N) is 1. The molecule has 4 nitrogen and oxygen atoms in total. The zero-order valence-corrected chi connectivity index (χ0v) is 9.28. The number of hydrogen-bond acceptors (Lipinski definition) is 4. The van der Waals surface area contributed by atoms with Crippen LogP contribution in [-0.2, 0) is 6.54 Å². The van der Waals surface area contributed by atoms with Crippen molar-refractivity contribution in [1.82, 2.24) is 15.4 Å². The number of likely N-dealkylation sites (tertiary alicyclic amines) is 1. The van der Waals surface area contributed by atoms with Crippen LogP contribution in [-0.4, -0.2) is 36.7 Å². The smallest absolute Gasteiger partial charge is 0.150 e. The van der Waals surface area contributed by atoms with Crippen LogP contribution in [0.5, 0.6) is 0 Å². The summed E-state index contributed by atoms with van der Waals surface area (Å²) in [5.74, 6) is 1.82. The van der Waals surface area contributed by atoms with Crippen LogP contribution in [0.3, 0.4) is 0 Å². The average Bonchev–Trinajstić information content (AvgIpc) is 2.74. The molecule has 1 N–H and O–H groups in total. The molecule has 0 atom stereocenters. The minimum Gasteiger partial charge on any atom is -0.360 e. The zero-order chi connectivity index (χ0) is 10.5. The third-order valence-corrected chi connectivity index (χ3v) is 3.07. The number of piperidine rings is 1. The first-order chi connectivity index (χ1) is 7.38.